The Bertz CT molecular complexity index is 160. The molecule has 1 fully saturated rings. The van der Waals surface area contributed by atoms with Crippen LogP contribution in [-0.4, -0.2) is 0 Å². The monoisotopic (exact) mass is 214 g/mol. The first-order valence-corrected chi connectivity index (χ1v) is 5.09. The number of hydrogen-bond donors (Lipinski definition) is 0. The van der Waals surface area contributed by atoms with Crippen molar-refractivity contribution < 1.29 is 0 Å². The lowest BCUT2D eigenvalue weighted by atomic mass is 9.94. The molecular formula is C10H15Br. The van der Waals surface area contributed by atoms with Crippen molar-refractivity contribution in [2.24, 2.45) is 0 Å². The van der Waals surface area contributed by atoms with Gasteiger partial charge in [-0.1, -0.05) is 40.6 Å². The molecule has 1 saturated carbocycles. The van der Waals surface area contributed by atoms with Gasteiger partial charge in [0.1, 0.15) is 0 Å². The minimum Gasteiger partial charge on any atom is -0.0885 e. The number of hydrogen-bond acceptors (Lipinski definition) is 0. The van der Waals surface area contributed by atoms with Crippen LogP contribution in [0, 0.1) is 0 Å². The van der Waals surface area contributed by atoms with Crippen LogP contribution in [0.2, 0.25) is 0 Å². The molecule has 0 nitrogen and oxygen atoms in total. The standard InChI is InChI=1S/C10H15Br/c1-9(11)7-8-10-5-3-2-4-6-10/h8H,1-7H2. The highest BCUT2D eigenvalue weighted by Crippen LogP contribution is 2.24. The number of allylic oxidation sites excluding steroid dienone is 3. The van der Waals surface area contributed by atoms with Gasteiger partial charge in [0, 0.05) is 0 Å². The minimum atomic E-state index is 1.01. The molecule has 62 valence electrons. The first-order valence-electron chi connectivity index (χ1n) is 4.30. The fraction of sp³-hybridized carbons (Fsp3) is 0.600. The van der Waals surface area contributed by atoms with Gasteiger partial charge in [0.2, 0.25) is 0 Å². The minimum absolute atomic E-state index is 1.01. The molecule has 0 bridgehead atoms. The van der Waals surface area contributed by atoms with E-state index in [1.165, 1.54) is 32.1 Å². The molecule has 0 saturated heterocycles. The van der Waals surface area contributed by atoms with Crippen molar-refractivity contribution >= 4 is 15.9 Å². The zero-order valence-corrected chi connectivity index (χ0v) is 8.49. The van der Waals surface area contributed by atoms with Gasteiger partial charge in [-0.25, -0.2) is 0 Å². The summed E-state index contributed by atoms with van der Waals surface area (Å²) in [5, 5.41) is 0. The molecule has 0 N–H and O–H groups in total. The summed E-state index contributed by atoms with van der Waals surface area (Å²) in [6.45, 7) is 3.81. The summed E-state index contributed by atoms with van der Waals surface area (Å²) in [5.74, 6) is 0. The van der Waals surface area contributed by atoms with Gasteiger partial charge in [-0.15, -0.1) is 0 Å². The maximum atomic E-state index is 3.81. The smallest absolute Gasteiger partial charge is 0.00343 e. The summed E-state index contributed by atoms with van der Waals surface area (Å²) < 4.78 is 1.09. The Labute approximate surface area is 77.5 Å². The molecule has 11 heavy (non-hydrogen) atoms. The van der Waals surface area contributed by atoms with E-state index in [2.05, 4.69) is 28.6 Å². The van der Waals surface area contributed by atoms with E-state index in [0.29, 0.717) is 0 Å². The lowest BCUT2D eigenvalue weighted by Crippen LogP contribution is -1.93. The second-order valence-electron chi connectivity index (χ2n) is 3.14. The Morgan fingerprint density at radius 1 is 1.36 bits per heavy atom. The first kappa shape index (κ1) is 9.05. The van der Waals surface area contributed by atoms with Crippen molar-refractivity contribution in [1.82, 2.24) is 0 Å². The molecule has 0 unspecified atom stereocenters. The van der Waals surface area contributed by atoms with Crippen molar-refractivity contribution in [2.75, 3.05) is 0 Å². The Balaban J connectivity index is 2.32. The number of rotatable bonds is 2. The van der Waals surface area contributed by atoms with Crippen molar-refractivity contribution in [2.45, 2.75) is 38.5 Å². The van der Waals surface area contributed by atoms with E-state index < -0.39 is 0 Å². The maximum Gasteiger partial charge on any atom is -0.00343 e. The van der Waals surface area contributed by atoms with E-state index in [9.17, 15) is 0 Å². The fourth-order valence-corrected chi connectivity index (χ4v) is 1.63. The molecule has 1 heteroatoms. The SMILES string of the molecule is C=C(Br)CC=C1CCCCC1. The van der Waals surface area contributed by atoms with Crippen molar-refractivity contribution in [3.8, 4) is 0 Å². The van der Waals surface area contributed by atoms with E-state index in [1.54, 1.807) is 5.57 Å². The van der Waals surface area contributed by atoms with Crippen LogP contribution < -0.4 is 0 Å². The summed E-state index contributed by atoms with van der Waals surface area (Å²) in [7, 11) is 0. The highest BCUT2D eigenvalue weighted by Gasteiger charge is 2.03. The first-order chi connectivity index (χ1) is 5.29. The van der Waals surface area contributed by atoms with E-state index in [1.807, 2.05) is 0 Å². The van der Waals surface area contributed by atoms with Crippen molar-refractivity contribution in [3.63, 3.8) is 0 Å². The van der Waals surface area contributed by atoms with Crippen LogP contribution in [0.3, 0.4) is 0 Å². The van der Waals surface area contributed by atoms with Crippen LogP contribution >= 0.6 is 15.9 Å². The second-order valence-corrected chi connectivity index (χ2v) is 4.27. The summed E-state index contributed by atoms with van der Waals surface area (Å²) in [6, 6.07) is 0. The van der Waals surface area contributed by atoms with Crippen LogP contribution in [0.5, 0.6) is 0 Å². The lowest BCUT2D eigenvalue weighted by Gasteiger charge is -2.12. The predicted molar refractivity (Wildman–Crippen MR) is 53.9 cm³/mol. The molecule has 1 aliphatic carbocycles. The molecule has 0 aromatic rings. The third kappa shape index (κ3) is 3.76. The predicted octanol–water partition coefficient (Wildman–Crippen LogP) is 4.18. The topological polar surface area (TPSA) is 0 Å². The molecule has 0 amide bonds. The van der Waals surface area contributed by atoms with Crippen molar-refractivity contribution in [1.29, 1.82) is 0 Å². The highest BCUT2D eigenvalue weighted by atomic mass is 79.9. The van der Waals surface area contributed by atoms with Gasteiger partial charge in [0.15, 0.2) is 0 Å². The third-order valence-electron chi connectivity index (χ3n) is 2.11. The normalized spacial score (nSPS) is 18.1. The van der Waals surface area contributed by atoms with Crippen LogP contribution in [-0.2, 0) is 0 Å². The van der Waals surface area contributed by atoms with E-state index in [4.69, 9.17) is 0 Å². The van der Waals surface area contributed by atoms with E-state index in [0.717, 1.165) is 10.9 Å². The van der Waals surface area contributed by atoms with Crippen LogP contribution in [0.4, 0.5) is 0 Å². The second kappa shape index (κ2) is 4.76. The summed E-state index contributed by atoms with van der Waals surface area (Å²) >= 11 is 3.36. The molecule has 0 aromatic heterocycles. The molecule has 0 aliphatic heterocycles. The van der Waals surface area contributed by atoms with E-state index in [-0.39, 0.29) is 0 Å². The molecular weight excluding hydrogens is 200 g/mol. The Morgan fingerprint density at radius 2 is 2.00 bits per heavy atom. The average Bonchev–Trinajstić information content (AvgIpc) is 2.03. The van der Waals surface area contributed by atoms with Crippen LogP contribution in [0.1, 0.15) is 38.5 Å². The third-order valence-corrected chi connectivity index (χ3v) is 2.43. The van der Waals surface area contributed by atoms with Gasteiger partial charge in [0.05, 0.1) is 0 Å². The van der Waals surface area contributed by atoms with E-state index >= 15 is 0 Å². The quantitative estimate of drug-likeness (QED) is 0.606. The molecule has 0 spiro atoms. The van der Waals surface area contributed by atoms with Crippen molar-refractivity contribution in [3.05, 3.63) is 22.7 Å². The molecule has 1 aliphatic rings. The lowest BCUT2D eigenvalue weighted by molar-refractivity contribution is 0.597. The Morgan fingerprint density at radius 3 is 2.55 bits per heavy atom. The van der Waals surface area contributed by atoms with Gasteiger partial charge < -0.3 is 0 Å². The molecule has 1 rings (SSSR count). The summed E-state index contributed by atoms with van der Waals surface area (Å²) in [4.78, 5) is 0. The average molecular weight is 215 g/mol. The fourth-order valence-electron chi connectivity index (χ4n) is 1.47. The zero-order chi connectivity index (χ0) is 8.10. The summed E-state index contributed by atoms with van der Waals surface area (Å²) in [6.07, 6.45) is 10.2. The van der Waals surface area contributed by atoms with Gasteiger partial charge in [0.25, 0.3) is 0 Å². The maximum absolute atomic E-state index is 3.81. The van der Waals surface area contributed by atoms with Crippen LogP contribution in [0.15, 0.2) is 22.7 Å². The molecule has 0 aromatic carbocycles. The van der Waals surface area contributed by atoms with Gasteiger partial charge in [-0.3, -0.25) is 0 Å². The highest BCUT2D eigenvalue weighted by molar-refractivity contribution is 9.11. The van der Waals surface area contributed by atoms with Gasteiger partial charge >= 0.3 is 0 Å². The largest absolute Gasteiger partial charge is 0.0885 e. The molecule has 0 radical (unpaired) electrons. The van der Waals surface area contributed by atoms with Gasteiger partial charge in [-0.05, 0) is 36.6 Å². The van der Waals surface area contributed by atoms with Crippen LogP contribution in [0.25, 0.3) is 0 Å². The molecule has 0 atom stereocenters. The number of halogens is 1. The Kier molecular flexibility index (Phi) is 3.92. The zero-order valence-electron chi connectivity index (χ0n) is 6.91. The summed E-state index contributed by atoms with van der Waals surface area (Å²) in [5.41, 5.74) is 1.64. The van der Waals surface area contributed by atoms with Gasteiger partial charge in [-0.2, -0.15) is 0 Å². The molecule has 0 heterocycles. The Hall–Kier alpha value is -0.0400.